The minimum absolute atomic E-state index is 0.146. The van der Waals surface area contributed by atoms with Gasteiger partial charge in [0.1, 0.15) is 11.4 Å². The van der Waals surface area contributed by atoms with Crippen LogP contribution in [0.25, 0.3) is 0 Å². The Morgan fingerprint density at radius 3 is 2.53 bits per heavy atom. The summed E-state index contributed by atoms with van der Waals surface area (Å²) in [5.41, 5.74) is -0.163. The fourth-order valence-corrected chi connectivity index (χ4v) is 1.20. The van der Waals surface area contributed by atoms with Crippen molar-refractivity contribution in [1.82, 2.24) is 0 Å². The van der Waals surface area contributed by atoms with Gasteiger partial charge in [0.05, 0.1) is 18.6 Å². The van der Waals surface area contributed by atoms with Crippen LogP contribution in [0, 0.1) is 11.2 Å². The standard InChI is InChI=1S/C12H12FNO3/c1-2-17-12(16)10(7-15)11(14)8-3-5-9(13)6-4-8/h3-7,14-15H,2H2,1H3. The molecule has 0 aliphatic heterocycles. The number of esters is 1. The second-order valence-electron chi connectivity index (χ2n) is 3.15. The topological polar surface area (TPSA) is 70.4 Å². The van der Waals surface area contributed by atoms with Crippen molar-refractivity contribution in [3.05, 3.63) is 47.5 Å². The van der Waals surface area contributed by atoms with E-state index >= 15 is 0 Å². The van der Waals surface area contributed by atoms with Crippen LogP contribution in [0.5, 0.6) is 0 Å². The van der Waals surface area contributed by atoms with Gasteiger partial charge in [0.25, 0.3) is 0 Å². The summed E-state index contributed by atoms with van der Waals surface area (Å²) in [6.45, 7) is 1.77. The van der Waals surface area contributed by atoms with Crippen LogP contribution in [-0.4, -0.2) is 23.4 Å². The zero-order valence-corrected chi connectivity index (χ0v) is 9.24. The fourth-order valence-electron chi connectivity index (χ4n) is 1.20. The van der Waals surface area contributed by atoms with E-state index in [1.165, 1.54) is 24.3 Å². The smallest absolute Gasteiger partial charge is 0.343 e. The molecular formula is C12H12FNO3. The van der Waals surface area contributed by atoms with Gasteiger partial charge < -0.3 is 9.84 Å². The van der Waals surface area contributed by atoms with Crippen LogP contribution in [0.1, 0.15) is 12.5 Å². The highest BCUT2D eigenvalue weighted by molar-refractivity contribution is 6.25. The van der Waals surface area contributed by atoms with E-state index in [1.54, 1.807) is 6.92 Å². The summed E-state index contributed by atoms with van der Waals surface area (Å²) in [6.07, 6.45) is 0.518. The van der Waals surface area contributed by atoms with Gasteiger partial charge in [0.2, 0.25) is 0 Å². The summed E-state index contributed by atoms with van der Waals surface area (Å²) in [5.74, 6) is -1.23. The molecule has 90 valence electrons. The van der Waals surface area contributed by atoms with E-state index in [9.17, 15) is 9.18 Å². The zero-order chi connectivity index (χ0) is 12.8. The molecule has 0 saturated heterocycles. The molecule has 1 aromatic carbocycles. The maximum absolute atomic E-state index is 12.7. The van der Waals surface area contributed by atoms with Crippen molar-refractivity contribution in [2.45, 2.75) is 6.92 Å². The molecule has 0 amide bonds. The number of carbonyl (C=O) groups excluding carboxylic acids is 1. The van der Waals surface area contributed by atoms with Crippen molar-refractivity contribution in [2.75, 3.05) is 6.61 Å². The molecule has 17 heavy (non-hydrogen) atoms. The molecule has 1 rings (SSSR count). The number of carbonyl (C=O) groups is 1. The maximum atomic E-state index is 12.7. The van der Waals surface area contributed by atoms with Crippen molar-refractivity contribution >= 4 is 11.7 Å². The molecular weight excluding hydrogens is 225 g/mol. The summed E-state index contributed by atoms with van der Waals surface area (Å²) < 4.78 is 17.4. The first kappa shape index (κ1) is 12.9. The van der Waals surface area contributed by atoms with E-state index in [1.807, 2.05) is 0 Å². The van der Waals surface area contributed by atoms with Crippen LogP contribution in [0.3, 0.4) is 0 Å². The molecule has 1 aromatic rings. The van der Waals surface area contributed by atoms with Gasteiger partial charge in [0, 0.05) is 5.56 Å². The highest BCUT2D eigenvalue weighted by atomic mass is 19.1. The van der Waals surface area contributed by atoms with Crippen molar-refractivity contribution in [3.63, 3.8) is 0 Å². The zero-order valence-electron chi connectivity index (χ0n) is 9.24. The second-order valence-corrected chi connectivity index (χ2v) is 3.15. The molecule has 0 bridgehead atoms. The second kappa shape index (κ2) is 5.79. The predicted molar refractivity (Wildman–Crippen MR) is 60.6 cm³/mol. The lowest BCUT2D eigenvalue weighted by Crippen LogP contribution is -2.16. The number of nitrogens with one attached hydrogen (secondary N) is 1. The Labute approximate surface area is 97.9 Å². The Morgan fingerprint density at radius 2 is 2.06 bits per heavy atom. The average molecular weight is 237 g/mol. The first-order chi connectivity index (χ1) is 8.10. The number of hydrogen-bond acceptors (Lipinski definition) is 4. The van der Waals surface area contributed by atoms with Crippen molar-refractivity contribution in [2.24, 2.45) is 0 Å². The molecule has 0 saturated carbocycles. The SMILES string of the molecule is CCOC(=O)C(=CO)C(=N)c1ccc(F)cc1. The lowest BCUT2D eigenvalue weighted by atomic mass is 10.0. The number of aliphatic hydroxyl groups is 1. The van der Waals surface area contributed by atoms with Crippen LogP contribution in [0.4, 0.5) is 4.39 Å². The molecule has 4 nitrogen and oxygen atoms in total. The molecule has 0 heterocycles. The van der Waals surface area contributed by atoms with Gasteiger partial charge in [-0.25, -0.2) is 9.18 Å². The first-order valence-corrected chi connectivity index (χ1v) is 4.96. The van der Waals surface area contributed by atoms with Crippen LogP contribution in [0.15, 0.2) is 36.1 Å². The van der Waals surface area contributed by atoms with E-state index in [0.717, 1.165) is 0 Å². The lowest BCUT2D eigenvalue weighted by Gasteiger charge is -2.07. The van der Waals surface area contributed by atoms with Crippen molar-refractivity contribution in [3.8, 4) is 0 Å². The summed E-state index contributed by atoms with van der Waals surface area (Å²) in [6, 6.07) is 5.04. The number of halogens is 1. The van der Waals surface area contributed by atoms with Crippen LogP contribution < -0.4 is 0 Å². The molecule has 2 N–H and O–H groups in total. The molecule has 5 heteroatoms. The van der Waals surface area contributed by atoms with Gasteiger partial charge >= 0.3 is 5.97 Å². The summed E-state index contributed by atoms with van der Waals surface area (Å²) in [5, 5.41) is 16.6. The monoisotopic (exact) mass is 237 g/mol. The van der Waals surface area contributed by atoms with E-state index in [2.05, 4.69) is 4.74 Å². The van der Waals surface area contributed by atoms with Crippen molar-refractivity contribution in [1.29, 1.82) is 5.41 Å². The normalized spacial score (nSPS) is 11.1. The minimum atomic E-state index is -0.788. The molecule has 0 radical (unpaired) electrons. The quantitative estimate of drug-likeness (QED) is 0.365. The Morgan fingerprint density at radius 1 is 1.47 bits per heavy atom. The first-order valence-electron chi connectivity index (χ1n) is 4.96. The van der Waals surface area contributed by atoms with E-state index in [0.29, 0.717) is 11.8 Å². The Kier molecular flexibility index (Phi) is 4.39. The van der Waals surface area contributed by atoms with Gasteiger partial charge in [-0.05, 0) is 31.2 Å². The predicted octanol–water partition coefficient (Wildman–Crippen LogP) is 2.20. The highest BCUT2D eigenvalue weighted by Crippen LogP contribution is 2.10. The highest BCUT2D eigenvalue weighted by Gasteiger charge is 2.17. The summed E-state index contributed by atoms with van der Waals surface area (Å²) >= 11 is 0. The molecule has 0 unspecified atom stereocenters. The van der Waals surface area contributed by atoms with E-state index < -0.39 is 11.8 Å². The van der Waals surface area contributed by atoms with E-state index in [-0.39, 0.29) is 17.9 Å². The maximum Gasteiger partial charge on any atom is 0.343 e. The number of ether oxygens (including phenoxy) is 1. The van der Waals surface area contributed by atoms with Gasteiger partial charge in [-0.2, -0.15) is 0 Å². The van der Waals surface area contributed by atoms with Gasteiger partial charge in [-0.15, -0.1) is 0 Å². The lowest BCUT2D eigenvalue weighted by molar-refractivity contribution is -0.137. The Balaban J connectivity index is 2.95. The number of rotatable bonds is 4. The molecule has 0 atom stereocenters. The molecule has 0 aliphatic carbocycles. The third-order valence-electron chi connectivity index (χ3n) is 2.03. The summed E-state index contributed by atoms with van der Waals surface area (Å²) in [4.78, 5) is 11.4. The average Bonchev–Trinajstić information content (AvgIpc) is 2.31. The minimum Gasteiger partial charge on any atom is -0.515 e. The summed E-state index contributed by atoms with van der Waals surface area (Å²) in [7, 11) is 0. The number of aliphatic hydroxyl groups excluding tert-OH is 1. The van der Waals surface area contributed by atoms with E-state index in [4.69, 9.17) is 10.5 Å². The van der Waals surface area contributed by atoms with Crippen molar-refractivity contribution < 1.29 is 19.0 Å². The van der Waals surface area contributed by atoms with Gasteiger partial charge in [-0.1, -0.05) is 0 Å². The van der Waals surface area contributed by atoms with Crippen LogP contribution in [0.2, 0.25) is 0 Å². The number of hydrogen-bond donors (Lipinski definition) is 2. The molecule has 0 aliphatic rings. The van der Waals surface area contributed by atoms with Crippen LogP contribution in [-0.2, 0) is 9.53 Å². The Bertz CT molecular complexity index is 451. The molecule has 0 spiro atoms. The number of benzene rings is 1. The fraction of sp³-hybridized carbons (Fsp3) is 0.167. The molecule has 0 aromatic heterocycles. The third kappa shape index (κ3) is 3.14. The third-order valence-corrected chi connectivity index (χ3v) is 2.03. The van der Waals surface area contributed by atoms with Gasteiger partial charge in [0.15, 0.2) is 0 Å². The Hall–Kier alpha value is -2.17. The van der Waals surface area contributed by atoms with Gasteiger partial charge in [-0.3, -0.25) is 5.41 Å². The molecule has 0 fully saturated rings. The van der Waals surface area contributed by atoms with Crippen LogP contribution >= 0.6 is 0 Å². The largest absolute Gasteiger partial charge is 0.515 e.